The van der Waals surface area contributed by atoms with Gasteiger partial charge in [-0.15, -0.1) is 0 Å². The van der Waals surface area contributed by atoms with E-state index >= 15 is 0 Å². The molecular weight excluding hydrogens is 374 g/mol. The summed E-state index contributed by atoms with van der Waals surface area (Å²) in [5.41, 5.74) is 1.22. The monoisotopic (exact) mass is 391 g/mol. The second-order valence-corrected chi connectivity index (χ2v) is 6.52. The summed E-state index contributed by atoms with van der Waals surface area (Å²) in [5.74, 6) is -0.108. The molecule has 0 bridgehead atoms. The number of nitrogens with one attached hydrogen (secondary N) is 2. The fraction of sp³-hybridized carbons (Fsp3) is 0.294. The lowest BCUT2D eigenvalue weighted by molar-refractivity contribution is 0.0709. The normalized spacial score (nSPS) is 17.6. The van der Waals surface area contributed by atoms with Crippen LogP contribution in [0.2, 0.25) is 0 Å². The Morgan fingerprint density at radius 1 is 1.25 bits per heavy atom. The number of anilines is 1. The fourth-order valence-corrected chi connectivity index (χ4v) is 2.93. The van der Waals surface area contributed by atoms with Crippen molar-refractivity contribution in [1.29, 1.82) is 0 Å². The highest BCUT2D eigenvalue weighted by Crippen LogP contribution is 2.17. The molecule has 1 fully saturated rings. The van der Waals surface area contributed by atoms with Gasteiger partial charge in [0.05, 0.1) is 0 Å². The van der Waals surface area contributed by atoms with Crippen molar-refractivity contribution in [2.75, 3.05) is 25.0 Å². The zero-order chi connectivity index (χ0) is 17.1. The Hall–Kier alpha value is -2.12. The minimum Gasteiger partial charge on any atom is -0.444 e. The van der Waals surface area contributed by atoms with Crippen LogP contribution < -0.4 is 10.6 Å². The fourth-order valence-electron chi connectivity index (χ4n) is 2.62. The Labute approximate surface area is 148 Å². The molecule has 1 aliphatic heterocycles. The maximum atomic E-state index is 12.5. The van der Waals surface area contributed by atoms with Gasteiger partial charge in [0, 0.05) is 36.9 Å². The number of hydrogen-bond acceptors (Lipinski definition) is 4. The summed E-state index contributed by atoms with van der Waals surface area (Å²) in [6.45, 7) is 4.27. The first kappa shape index (κ1) is 16.7. The molecule has 0 radical (unpaired) electrons. The smallest absolute Gasteiger partial charge is 0.291 e. The zero-order valence-electron chi connectivity index (χ0n) is 13.2. The topological polar surface area (TPSA) is 74.6 Å². The molecule has 0 aliphatic carbocycles. The molecule has 1 saturated heterocycles. The number of hydrogen-bond donors (Lipinski definition) is 2. The van der Waals surface area contributed by atoms with E-state index in [1.54, 1.807) is 36.4 Å². The number of piperazine rings is 1. The van der Waals surface area contributed by atoms with Crippen molar-refractivity contribution >= 4 is 33.4 Å². The van der Waals surface area contributed by atoms with E-state index in [-0.39, 0.29) is 17.6 Å². The molecule has 1 atom stereocenters. The van der Waals surface area contributed by atoms with Gasteiger partial charge in [0.25, 0.3) is 11.8 Å². The highest BCUT2D eigenvalue weighted by atomic mass is 79.9. The van der Waals surface area contributed by atoms with Crippen molar-refractivity contribution in [2.45, 2.75) is 13.0 Å². The van der Waals surface area contributed by atoms with Gasteiger partial charge in [0.1, 0.15) is 0 Å². The molecule has 1 aromatic carbocycles. The first-order valence-corrected chi connectivity index (χ1v) is 8.51. The van der Waals surface area contributed by atoms with Crippen LogP contribution in [0.1, 0.15) is 27.8 Å². The minimum absolute atomic E-state index is 0.0104. The summed E-state index contributed by atoms with van der Waals surface area (Å²) in [6.07, 6.45) is 0. The van der Waals surface area contributed by atoms with E-state index in [0.29, 0.717) is 35.1 Å². The molecule has 1 aliphatic rings. The summed E-state index contributed by atoms with van der Waals surface area (Å²) < 4.78 is 5.71. The van der Waals surface area contributed by atoms with E-state index < -0.39 is 0 Å². The van der Waals surface area contributed by atoms with Crippen LogP contribution in [0, 0.1) is 0 Å². The maximum Gasteiger partial charge on any atom is 0.291 e. The van der Waals surface area contributed by atoms with Gasteiger partial charge < -0.3 is 20.0 Å². The summed E-state index contributed by atoms with van der Waals surface area (Å²) in [6, 6.07) is 10.4. The number of furan rings is 1. The summed E-state index contributed by atoms with van der Waals surface area (Å²) in [5, 5.41) is 6.05. The van der Waals surface area contributed by atoms with Crippen molar-refractivity contribution in [3.63, 3.8) is 0 Å². The number of rotatable bonds is 3. The van der Waals surface area contributed by atoms with Crippen LogP contribution >= 0.6 is 15.9 Å². The number of halogens is 1. The van der Waals surface area contributed by atoms with Crippen LogP contribution in [0.3, 0.4) is 0 Å². The van der Waals surface area contributed by atoms with E-state index in [0.717, 1.165) is 6.54 Å². The van der Waals surface area contributed by atoms with Crippen molar-refractivity contribution in [3.05, 3.63) is 52.4 Å². The Balaban J connectivity index is 1.64. The van der Waals surface area contributed by atoms with Gasteiger partial charge in [-0.2, -0.15) is 0 Å². The predicted octanol–water partition coefficient (Wildman–Crippen LogP) is 2.73. The number of benzene rings is 1. The van der Waals surface area contributed by atoms with E-state index in [1.165, 1.54) is 0 Å². The molecule has 2 aromatic rings. The van der Waals surface area contributed by atoms with E-state index in [1.807, 2.05) is 4.90 Å². The SMILES string of the molecule is CC1CN(C(=O)c2ccc(NC(=O)c3ccc(Br)o3)cc2)CCN1. The molecule has 7 heteroatoms. The number of carbonyl (C=O) groups excluding carboxylic acids is 2. The van der Waals surface area contributed by atoms with Crippen LogP contribution in [0.25, 0.3) is 0 Å². The van der Waals surface area contributed by atoms with Crippen molar-refractivity contribution in [2.24, 2.45) is 0 Å². The van der Waals surface area contributed by atoms with Crippen LogP contribution in [0.4, 0.5) is 5.69 Å². The highest BCUT2D eigenvalue weighted by Gasteiger charge is 2.21. The molecule has 1 aromatic heterocycles. The summed E-state index contributed by atoms with van der Waals surface area (Å²) in [4.78, 5) is 26.4. The van der Waals surface area contributed by atoms with Crippen LogP contribution in [0.5, 0.6) is 0 Å². The molecule has 24 heavy (non-hydrogen) atoms. The van der Waals surface area contributed by atoms with Gasteiger partial charge in [0.15, 0.2) is 10.4 Å². The second kappa shape index (κ2) is 7.19. The molecular formula is C17H18BrN3O3. The molecule has 6 nitrogen and oxygen atoms in total. The largest absolute Gasteiger partial charge is 0.444 e. The van der Waals surface area contributed by atoms with Gasteiger partial charge in [0.2, 0.25) is 0 Å². The molecule has 2 N–H and O–H groups in total. The lowest BCUT2D eigenvalue weighted by Gasteiger charge is -2.32. The van der Waals surface area contributed by atoms with E-state index in [2.05, 4.69) is 33.5 Å². The quantitative estimate of drug-likeness (QED) is 0.843. The molecule has 0 saturated carbocycles. The highest BCUT2D eigenvalue weighted by molar-refractivity contribution is 9.10. The maximum absolute atomic E-state index is 12.5. The third kappa shape index (κ3) is 3.85. The first-order chi connectivity index (χ1) is 11.5. The van der Waals surface area contributed by atoms with Crippen LogP contribution in [-0.4, -0.2) is 42.4 Å². The summed E-state index contributed by atoms with van der Waals surface area (Å²) >= 11 is 3.16. The number of nitrogens with zero attached hydrogens (tertiary/aromatic N) is 1. The zero-order valence-corrected chi connectivity index (χ0v) is 14.8. The third-order valence-electron chi connectivity index (χ3n) is 3.84. The lowest BCUT2D eigenvalue weighted by Crippen LogP contribution is -2.51. The van der Waals surface area contributed by atoms with Gasteiger partial charge in [-0.05, 0) is 59.3 Å². The average Bonchev–Trinajstić information content (AvgIpc) is 3.01. The number of amides is 2. The molecule has 2 amide bonds. The first-order valence-electron chi connectivity index (χ1n) is 7.72. The Morgan fingerprint density at radius 3 is 2.62 bits per heavy atom. The van der Waals surface area contributed by atoms with Gasteiger partial charge in [-0.3, -0.25) is 9.59 Å². The molecule has 3 rings (SSSR count). The van der Waals surface area contributed by atoms with E-state index in [4.69, 9.17) is 4.42 Å². The van der Waals surface area contributed by atoms with E-state index in [9.17, 15) is 9.59 Å². The predicted molar refractivity (Wildman–Crippen MR) is 94.2 cm³/mol. The van der Waals surface area contributed by atoms with Crippen LogP contribution in [0.15, 0.2) is 45.5 Å². The minimum atomic E-state index is -0.337. The molecule has 126 valence electrons. The molecule has 0 spiro atoms. The average molecular weight is 392 g/mol. The third-order valence-corrected chi connectivity index (χ3v) is 4.27. The number of carbonyl (C=O) groups is 2. The summed E-state index contributed by atoms with van der Waals surface area (Å²) in [7, 11) is 0. The van der Waals surface area contributed by atoms with Crippen LogP contribution in [-0.2, 0) is 0 Å². The lowest BCUT2D eigenvalue weighted by atomic mass is 10.1. The van der Waals surface area contributed by atoms with Gasteiger partial charge in [-0.1, -0.05) is 0 Å². The van der Waals surface area contributed by atoms with Crippen molar-refractivity contribution in [3.8, 4) is 0 Å². The van der Waals surface area contributed by atoms with Gasteiger partial charge >= 0.3 is 0 Å². The van der Waals surface area contributed by atoms with Gasteiger partial charge in [-0.25, -0.2) is 0 Å². The molecule has 1 unspecified atom stereocenters. The Morgan fingerprint density at radius 2 is 2.00 bits per heavy atom. The standard InChI is InChI=1S/C17H18BrN3O3/c1-11-10-21(9-8-19-11)17(23)12-2-4-13(5-3-12)20-16(22)14-6-7-15(18)24-14/h2-7,11,19H,8-10H2,1H3,(H,20,22). The molecule has 2 heterocycles. The van der Waals surface area contributed by atoms with Crippen molar-refractivity contribution in [1.82, 2.24) is 10.2 Å². The Bertz CT molecular complexity index is 742. The second-order valence-electron chi connectivity index (χ2n) is 5.74. The van der Waals surface area contributed by atoms with Crippen molar-refractivity contribution < 1.29 is 14.0 Å². The Kier molecular flexibility index (Phi) is 5.01.